The van der Waals surface area contributed by atoms with E-state index in [0.717, 1.165) is 11.6 Å². The molecule has 0 radical (unpaired) electrons. The van der Waals surface area contributed by atoms with Crippen molar-refractivity contribution < 1.29 is 0 Å². The van der Waals surface area contributed by atoms with Gasteiger partial charge in [-0.1, -0.05) is 54.1 Å². The van der Waals surface area contributed by atoms with Crippen LogP contribution in [0.15, 0.2) is 54.6 Å². The van der Waals surface area contributed by atoms with Crippen LogP contribution in [0.5, 0.6) is 0 Å². The summed E-state index contributed by atoms with van der Waals surface area (Å²) in [6.07, 6.45) is 0. The third kappa shape index (κ3) is 3.58. The van der Waals surface area contributed by atoms with E-state index in [1.54, 1.807) is 0 Å². The van der Waals surface area contributed by atoms with Crippen LogP contribution in [-0.2, 0) is 6.54 Å². The van der Waals surface area contributed by atoms with E-state index in [4.69, 9.17) is 11.6 Å². The van der Waals surface area contributed by atoms with Crippen LogP contribution in [0.4, 0.5) is 0 Å². The highest BCUT2D eigenvalue weighted by Crippen LogP contribution is 2.17. The van der Waals surface area contributed by atoms with Crippen molar-refractivity contribution in [3.05, 3.63) is 70.7 Å². The van der Waals surface area contributed by atoms with Crippen molar-refractivity contribution in [3.8, 4) is 0 Å². The summed E-state index contributed by atoms with van der Waals surface area (Å²) in [4.78, 5) is 0. The van der Waals surface area contributed by atoms with Gasteiger partial charge in [-0.25, -0.2) is 0 Å². The van der Waals surface area contributed by atoms with Crippen LogP contribution in [0.1, 0.15) is 24.1 Å². The standard InChI is InChI=1S/C15H16ClN/c1-12(14-8-5-9-15(16)10-14)17-11-13-6-3-2-4-7-13/h2-10,12,17H,11H2,1H3/t12-/m0/s1. The second-order valence-corrected chi connectivity index (χ2v) is 4.58. The number of nitrogens with one attached hydrogen (secondary N) is 1. The summed E-state index contributed by atoms with van der Waals surface area (Å²) in [6.45, 7) is 3.02. The summed E-state index contributed by atoms with van der Waals surface area (Å²) in [5, 5.41) is 4.27. The van der Waals surface area contributed by atoms with Gasteiger partial charge in [0.25, 0.3) is 0 Å². The van der Waals surface area contributed by atoms with E-state index in [0.29, 0.717) is 6.04 Å². The molecule has 17 heavy (non-hydrogen) atoms. The molecule has 1 atom stereocenters. The Bertz CT molecular complexity index is 467. The van der Waals surface area contributed by atoms with Crippen LogP contribution in [0.3, 0.4) is 0 Å². The molecule has 2 heteroatoms. The Kier molecular flexibility index (Phi) is 4.18. The van der Waals surface area contributed by atoms with Crippen molar-refractivity contribution >= 4 is 11.6 Å². The van der Waals surface area contributed by atoms with E-state index in [9.17, 15) is 0 Å². The molecule has 0 heterocycles. The van der Waals surface area contributed by atoms with Gasteiger partial charge in [-0.05, 0) is 30.2 Å². The van der Waals surface area contributed by atoms with Gasteiger partial charge in [0.15, 0.2) is 0 Å². The second-order valence-electron chi connectivity index (χ2n) is 4.14. The lowest BCUT2D eigenvalue weighted by Gasteiger charge is -2.14. The summed E-state index contributed by atoms with van der Waals surface area (Å²) >= 11 is 5.98. The molecule has 0 aliphatic rings. The summed E-state index contributed by atoms with van der Waals surface area (Å²) in [7, 11) is 0. The first-order valence-corrected chi connectivity index (χ1v) is 6.16. The minimum Gasteiger partial charge on any atom is -0.306 e. The molecule has 0 aliphatic carbocycles. The van der Waals surface area contributed by atoms with Crippen LogP contribution >= 0.6 is 11.6 Å². The minimum atomic E-state index is 0.300. The van der Waals surface area contributed by atoms with Crippen molar-refractivity contribution in [2.75, 3.05) is 0 Å². The first-order chi connectivity index (χ1) is 8.25. The lowest BCUT2D eigenvalue weighted by molar-refractivity contribution is 0.575. The van der Waals surface area contributed by atoms with Crippen LogP contribution in [0, 0.1) is 0 Å². The molecular formula is C15H16ClN. The van der Waals surface area contributed by atoms with Crippen LogP contribution in [0.2, 0.25) is 5.02 Å². The Balaban J connectivity index is 1.96. The largest absolute Gasteiger partial charge is 0.306 e. The molecule has 0 unspecified atom stereocenters. The summed E-state index contributed by atoms with van der Waals surface area (Å²) in [6, 6.07) is 18.7. The molecule has 88 valence electrons. The van der Waals surface area contributed by atoms with Gasteiger partial charge < -0.3 is 5.32 Å². The predicted molar refractivity (Wildman–Crippen MR) is 73.1 cm³/mol. The molecule has 0 fully saturated rings. The van der Waals surface area contributed by atoms with Crippen molar-refractivity contribution in [3.63, 3.8) is 0 Å². The van der Waals surface area contributed by atoms with Crippen molar-refractivity contribution in [1.82, 2.24) is 5.32 Å². The fourth-order valence-corrected chi connectivity index (χ4v) is 1.96. The highest BCUT2D eigenvalue weighted by atomic mass is 35.5. The third-order valence-electron chi connectivity index (χ3n) is 2.80. The first-order valence-electron chi connectivity index (χ1n) is 5.78. The smallest absolute Gasteiger partial charge is 0.0409 e. The lowest BCUT2D eigenvalue weighted by Crippen LogP contribution is -2.17. The third-order valence-corrected chi connectivity index (χ3v) is 3.04. The van der Waals surface area contributed by atoms with E-state index in [-0.39, 0.29) is 0 Å². The van der Waals surface area contributed by atoms with Gasteiger partial charge in [-0.2, -0.15) is 0 Å². The molecule has 0 aromatic heterocycles. The molecule has 0 aliphatic heterocycles. The molecule has 2 aromatic carbocycles. The van der Waals surface area contributed by atoms with Crippen LogP contribution < -0.4 is 5.32 Å². The Morgan fingerprint density at radius 2 is 1.82 bits per heavy atom. The summed E-state index contributed by atoms with van der Waals surface area (Å²) < 4.78 is 0. The number of hydrogen-bond donors (Lipinski definition) is 1. The average Bonchev–Trinajstić information content (AvgIpc) is 2.37. The molecular weight excluding hydrogens is 230 g/mol. The molecule has 1 N–H and O–H groups in total. The SMILES string of the molecule is C[C@H](NCc1ccccc1)c1cccc(Cl)c1. The monoisotopic (exact) mass is 245 g/mol. The summed E-state index contributed by atoms with van der Waals surface area (Å²) in [5.74, 6) is 0. The van der Waals surface area contributed by atoms with E-state index < -0.39 is 0 Å². The minimum absolute atomic E-state index is 0.300. The fraction of sp³-hybridized carbons (Fsp3) is 0.200. The van der Waals surface area contributed by atoms with E-state index in [1.807, 2.05) is 24.3 Å². The quantitative estimate of drug-likeness (QED) is 0.852. The molecule has 2 aromatic rings. The Morgan fingerprint density at radius 1 is 1.06 bits per heavy atom. The molecule has 0 amide bonds. The van der Waals surface area contributed by atoms with Gasteiger partial charge in [0.2, 0.25) is 0 Å². The zero-order chi connectivity index (χ0) is 12.1. The zero-order valence-corrected chi connectivity index (χ0v) is 10.6. The van der Waals surface area contributed by atoms with Crippen LogP contribution in [-0.4, -0.2) is 0 Å². The number of halogens is 1. The van der Waals surface area contributed by atoms with Gasteiger partial charge in [-0.15, -0.1) is 0 Å². The van der Waals surface area contributed by atoms with E-state index in [2.05, 4.69) is 42.6 Å². The second kappa shape index (κ2) is 5.85. The van der Waals surface area contributed by atoms with Crippen LogP contribution in [0.25, 0.3) is 0 Å². The maximum atomic E-state index is 5.98. The first kappa shape index (κ1) is 12.2. The highest BCUT2D eigenvalue weighted by Gasteiger charge is 2.04. The van der Waals surface area contributed by atoms with E-state index >= 15 is 0 Å². The molecule has 0 spiro atoms. The molecule has 2 rings (SSSR count). The Hall–Kier alpha value is -1.31. The zero-order valence-electron chi connectivity index (χ0n) is 9.86. The number of hydrogen-bond acceptors (Lipinski definition) is 1. The van der Waals surface area contributed by atoms with E-state index in [1.165, 1.54) is 11.1 Å². The fourth-order valence-electron chi connectivity index (χ4n) is 1.76. The topological polar surface area (TPSA) is 12.0 Å². The molecule has 0 saturated heterocycles. The maximum Gasteiger partial charge on any atom is 0.0409 e. The van der Waals surface area contributed by atoms with Gasteiger partial charge in [-0.3, -0.25) is 0 Å². The van der Waals surface area contributed by atoms with Gasteiger partial charge >= 0.3 is 0 Å². The number of benzene rings is 2. The van der Waals surface area contributed by atoms with Gasteiger partial charge in [0.05, 0.1) is 0 Å². The Labute approximate surface area is 107 Å². The summed E-state index contributed by atoms with van der Waals surface area (Å²) in [5.41, 5.74) is 2.51. The van der Waals surface area contributed by atoms with Gasteiger partial charge in [0.1, 0.15) is 0 Å². The molecule has 0 bridgehead atoms. The normalized spacial score (nSPS) is 12.4. The highest BCUT2D eigenvalue weighted by molar-refractivity contribution is 6.30. The predicted octanol–water partition coefficient (Wildman–Crippen LogP) is 4.19. The number of rotatable bonds is 4. The molecule has 1 nitrogen and oxygen atoms in total. The molecule has 0 saturated carbocycles. The Morgan fingerprint density at radius 3 is 2.53 bits per heavy atom. The van der Waals surface area contributed by atoms with Crippen molar-refractivity contribution in [2.24, 2.45) is 0 Å². The average molecular weight is 246 g/mol. The maximum absolute atomic E-state index is 5.98. The van der Waals surface area contributed by atoms with Gasteiger partial charge in [0, 0.05) is 17.6 Å². The lowest BCUT2D eigenvalue weighted by atomic mass is 10.1. The van der Waals surface area contributed by atoms with Crippen molar-refractivity contribution in [1.29, 1.82) is 0 Å². The van der Waals surface area contributed by atoms with Crippen molar-refractivity contribution in [2.45, 2.75) is 19.5 Å².